The van der Waals surface area contributed by atoms with Crippen LogP contribution in [0.4, 0.5) is 5.69 Å². The minimum atomic E-state index is -0.0692. The van der Waals surface area contributed by atoms with E-state index in [1.54, 1.807) is 0 Å². The number of aryl methyl sites for hydroxylation is 1. The van der Waals surface area contributed by atoms with Gasteiger partial charge in [0.15, 0.2) is 0 Å². The molecule has 28 heavy (non-hydrogen) atoms. The molecule has 5 nitrogen and oxygen atoms in total. The zero-order valence-electron chi connectivity index (χ0n) is 16.7. The highest BCUT2D eigenvalue weighted by Gasteiger charge is 2.16. The minimum absolute atomic E-state index is 0.0692. The highest BCUT2D eigenvalue weighted by atomic mass is 16.1. The summed E-state index contributed by atoms with van der Waals surface area (Å²) in [5.41, 5.74) is 3.88. The molecule has 1 aliphatic rings. The van der Waals surface area contributed by atoms with E-state index in [0.717, 1.165) is 55.9 Å². The second-order valence-electron chi connectivity index (χ2n) is 7.53. The summed E-state index contributed by atoms with van der Waals surface area (Å²) in [5.74, 6) is -0.0692. The third kappa shape index (κ3) is 3.96. The van der Waals surface area contributed by atoms with E-state index in [9.17, 15) is 4.79 Å². The molecule has 2 heterocycles. The molecular formula is C23H28N4O. The topological polar surface area (TPSA) is 40.5 Å². The molecule has 1 saturated heterocycles. The Hall–Kier alpha value is -2.63. The van der Waals surface area contributed by atoms with Crippen molar-refractivity contribution < 1.29 is 4.79 Å². The number of hydrogen-bond donors (Lipinski definition) is 1. The van der Waals surface area contributed by atoms with E-state index < -0.39 is 0 Å². The smallest absolute Gasteiger partial charge is 0.257 e. The van der Waals surface area contributed by atoms with E-state index >= 15 is 0 Å². The number of piperazine rings is 1. The first-order chi connectivity index (χ1) is 13.6. The summed E-state index contributed by atoms with van der Waals surface area (Å²) in [6, 6.07) is 16.2. The fourth-order valence-corrected chi connectivity index (χ4v) is 3.94. The summed E-state index contributed by atoms with van der Waals surface area (Å²) in [5, 5.41) is 4.01. The largest absolute Gasteiger partial charge is 0.350 e. The van der Waals surface area contributed by atoms with Crippen molar-refractivity contribution >= 4 is 22.5 Å². The molecule has 146 valence electrons. The van der Waals surface area contributed by atoms with Gasteiger partial charge in [-0.25, -0.2) is 0 Å². The second kappa shape index (κ2) is 8.17. The van der Waals surface area contributed by atoms with Crippen molar-refractivity contribution in [3.8, 4) is 0 Å². The number of carbonyl (C=O) groups excluding carboxylic acids is 1. The molecule has 1 aliphatic heterocycles. The molecule has 1 aromatic heterocycles. The zero-order chi connectivity index (χ0) is 19.5. The number of carbonyl (C=O) groups is 1. The van der Waals surface area contributed by atoms with Gasteiger partial charge in [-0.05, 0) is 30.3 Å². The Labute approximate surface area is 166 Å². The van der Waals surface area contributed by atoms with Crippen molar-refractivity contribution in [1.82, 2.24) is 14.4 Å². The maximum atomic E-state index is 12.8. The molecule has 5 heteroatoms. The lowest BCUT2D eigenvalue weighted by Gasteiger charge is -2.34. The summed E-state index contributed by atoms with van der Waals surface area (Å²) in [4.78, 5) is 17.7. The molecule has 2 aromatic carbocycles. The first-order valence-corrected chi connectivity index (χ1v) is 10.0. The van der Waals surface area contributed by atoms with Gasteiger partial charge in [-0.15, -0.1) is 0 Å². The third-order valence-electron chi connectivity index (χ3n) is 5.67. The number of fused-ring (bicyclic) bond motifs is 1. The summed E-state index contributed by atoms with van der Waals surface area (Å²) >= 11 is 0. The molecule has 0 saturated carbocycles. The molecule has 1 N–H and O–H groups in total. The van der Waals surface area contributed by atoms with Gasteiger partial charge in [-0.1, -0.05) is 37.3 Å². The standard InChI is InChI=1S/C23H28N4O/c1-3-26-12-14-27(15-13-26)16-18-8-10-19(11-9-18)24-23(28)21-17-25(2)22-7-5-4-6-20(21)22/h4-11,17H,3,12-16H2,1-2H3,(H,24,28). The van der Waals surface area contributed by atoms with E-state index in [4.69, 9.17) is 0 Å². The van der Waals surface area contributed by atoms with Crippen LogP contribution in [0, 0.1) is 0 Å². The van der Waals surface area contributed by atoms with Crippen molar-refractivity contribution in [2.24, 2.45) is 7.05 Å². The molecule has 1 fully saturated rings. The van der Waals surface area contributed by atoms with E-state index in [1.807, 2.05) is 54.2 Å². The number of likely N-dealkylation sites (N-methyl/N-ethyl adjacent to an activating group) is 1. The number of nitrogens with zero attached hydrogens (tertiary/aromatic N) is 3. The Morgan fingerprint density at radius 1 is 0.964 bits per heavy atom. The van der Waals surface area contributed by atoms with Gasteiger partial charge in [0, 0.05) is 62.6 Å². The Morgan fingerprint density at radius 2 is 1.64 bits per heavy atom. The zero-order valence-corrected chi connectivity index (χ0v) is 16.7. The maximum absolute atomic E-state index is 12.8. The van der Waals surface area contributed by atoms with E-state index in [-0.39, 0.29) is 5.91 Å². The predicted molar refractivity (Wildman–Crippen MR) is 115 cm³/mol. The van der Waals surface area contributed by atoms with E-state index in [2.05, 4.69) is 34.2 Å². The minimum Gasteiger partial charge on any atom is -0.350 e. The van der Waals surface area contributed by atoms with Gasteiger partial charge >= 0.3 is 0 Å². The first kappa shape index (κ1) is 18.7. The summed E-state index contributed by atoms with van der Waals surface area (Å²) in [7, 11) is 1.97. The van der Waals surface area contributed by atoms with Crippen LogP contribution in [-0.4, -0.2) is 53.0 Å². The average Bonchev–Trinajstić information content (AvgIpc) is 3.07. The van der Waals surface area contributed by atoms with Gasteiger partial charge in [0.1, 0.15) is 0 Å². The molecule has 0 bridgehead atoms. The number of rotatable bonds is 5. The average molecular weight is 377 g/mol. The molecule has 4 rings (SSSR count). The Bertz CT molecular complexity index is 952. The highest BCUT2D eigenvalue weighted by molar-refractivity contribution is 6.12. The molecule has 1 amide bonds. The van der Waals surface area contributed by atoms with Crippen molar-refractivity contribution in [2.45, 2.75) is 13.5 Å². The number of anilines is 1. The predicted octanol–water partition coefficient (Wildman–Crippen LogP) is 3.57. The fourth-order valence-electron chi connectivity index (χ4n) is 3.94. The van der Waals surface area contributed by atoms with Gasteiger partial charge in [0.2, 0.25) is 0 Å². The summed E-state index contributed by atoms with van der Waals surface area (Å²) < 4.78 is 1.99. The Morgan fingerprint density at radius 3 is 2.36 bits per heavy atom. The molecule has 0 aliphatic carbocycles. The molecule has 3 aromatic rings. The summed E-state index contributed by atoms with van der Waals surface area (Å²) in [6.45, 7) is 8.86. The van der Waals surface area contributed by atoms with Gasteiger partial charge in [0.05, 0.1) is 5.56 Å². The van der Waals surface area contributed by atoms with Crippen LogP contribution in [0.15, 0.2) is 54.7 Å². The van der Waals surface area contributed by atoms with Crippen LogP contribution in [0.2, 0.25) is 0 Å². The fraction of sp³-hybridized carbons (Fsp3) is 0.348. The molecule has 0 atom stereocenters. The van der Waals surface area contributed by atoms with Crippen LogP contribution < -0.4 is 5.32 Å². The van der Waals surface area contributed by atoms with Crippen LogP contribution in [0.5, 0.6) is 0 Å². The van der Waals surface area contributed by atoms with Crippen LogP contribution in [0.25, 0.3) is 10.9 Å². The molecule has 0 spiro atoms. The van der Waals surface area contributed by atoms with Crippen molar-refractivity contribution in [3.63, 3.8) is 0 Å². The summed E-state index contributed by atoms with van der Waals surface area (Å²) in [6.07, 6.45) is 1.89. The van der Waals surface area contributed by atoms with Crippen LogP contribution in [-0.2, 0) is 13.6 Å². The number of hydrogen-bond acceptors (Lipinski definition) is 3. The molecular weight excluding hydrogens is 348 g/mol. The SMILES string of the molecule is CCN1CCN(Cc2ccc(NC(=O)c3cn(C)c4ccccc34)cc2)CC1. The lowest BCUT2D eigenvalue weighted by Crippen LogP contribution is -2.45. The van der Waals surface area contributed by atoms with Crippen LogP contribution in [0.3, 0.4) is 0 Å². The van der Waals surface area contributed by atoms with Crippen molar-refractivity contribution in [3.05, 3.63) is 65.9 Å². The second-order valence-corrected chi connectivity index (χ2v) is 7.53. The third-order valence-corrected chi connectivity index (χ3v) is 5.67. The lowest BCUT2D eigenvalue weighted by molar-refractivity contribution is 0.102. The maximum Gasteiger partial charge on any atom is 0.257 e. The molecule has 0 unspecified atom stereocenters. The van der Waals surface area contributed by atoms with E-state index in [1.165, 1.54) is 5.56 Å². The van der Waals surface area contributed by atoms with Crippen molar-refractivity contribution in [2.75, 3.05) is 38.0 Å². The Kier molecular flexibility index (Phi) is 5.46. The van der Waals surface area contributed by atoms with Crippen LogP contribution >= 0.6 is 0 Å². The van der Waals surface area contributed by atoms with Crippen LogP contribution in [0.1, 0.15) is 22.8 Å². The number of amides is 1. The van der Waals surface area contributed by atoms with Gasteiger partial charge in [-0.3, -0.25) is 9.69 Å². The van der Waals surface area contributed by atoms with Gasteiger partial charge < -0.3 is 14.8 Å². The van der Waals surface area contributed by atoms with Gasteiger partial charge in [0.25, 0.3) is 5.91 Å². The monoisotopic (exact) mass is 376 g/mol. The normalized spacial score (nSPS) is 15.8. The quantitative estimate of drug-likeness (QED) is 0.740. The van der Waals surface area contributed by atoms with E-state index in [0.29, 0.717) is 5.56 Å². The molecule has 0 radical (unpaired) electrons. The van der Waals surface area contributed by atoms with Crippen molar-refractivity contribution in [1.29, 1.82) is 0 Å². The number of aromatic nitrogens is 1. The number of nitrogens with one attached hydrogen (secondary N) is 1. The number of benzene rings is 2. The highest BCUT2D eigenvalue weighted by Crippen LogP contribution is 2.22. The Balaban J connectivity index is 1.39. The van der Waals surface area contributed by atoms with Gasteiger partial charge in [-0.2, -0.15) is 0 Å². The first-order valence-electron chi connectivity index (χ1n) is 10.0. The lowest BCUT2D eigenvalue weighted by atomic mass is 10.1. The number of para-hydroxylation sites is 1.